The Morgan fingerprint density at radius 1 is 1.16 bits per heavy atom. The number of fused-ring (bicyclic) bond motifs is 2. The number of aromatic amines is 1. The lowest BCUT2D eigenvalue weighted by Crippen LogP contribution is -2.45. The molecule has 0 fully saturated rings. The number of amides is 2. The Hall–Kier alpha value is -4.37. The number of carbonyl (C=O) groups is 2. The van der Waals surface area contributed by atoms with Gasteiger partial charge in [0.05, 0.1) is 18.1 Å². The van der Waals surface area contributed by atoms with E-state index in [4.69, 9.17) is 5.73 Å². The highest BCUT2D eigenvalue weighted by Crippen LogP contribution is 2.45. The van der Waals surface area contributed by atoms with Crippen molar-refractivity contribution >= 4 is 40.4 Å². The van der Waals surface area contributed by atoms with Crippen LogP contribution in [0.1, 0.15) is 21.5 Å². The first-order valence-electron chi connectivity index (χ1n) is 9.79. The first-order chi connectivity index (χ1) is 15.4. The average Bonchev–Trinajstić information content (AvgIpc) is 3.29. The third kappa shape index (κ3) is 2.87. The molecule has 3 aromatic carbocycles. The quantitative estimate of drug-likeness (QED) is 0.370. The molecule has 0 bridgehead atoms. The molecule has 9 heteroatoms. The fourth-order valence-electron chi connectivity index (χ4n) is 4.05. The number of ether oxygens (including phenoxy) is 1. The van der Waals surface area contributed by atoms with Gasteiger partial charge in [0, 0.05) is 28.1 Å². The molecule has 1 aliphatic heterocycles. The molecule has 2 amide bonds. The minimum Gasteiger partial charge on any atom is -0.453 e. The van der Waals surface area contributed by atoms with Gasteiger partial charge in [0.15, 0.2) is 5.72 Å². The number of nitrogens with one attached hydrogen (secondary N) is 2. The van der Waals surface area contributed by atoms with Crippen molar-refractivity contribution in [2.45, 2.75) is 5.72 Å². The van der Waals surface area contributed by atoms with Crippen LogP contribution in [-0.4, -0.2) is 34.2 Å². The van der Waals surface area contributed by atoms with Crippen LogP contribution >= 0.6 is 0 Å². The van der Waals surface area contributed by atoms with Gasteiger partial charge in [-0.25, -0.2) is 9.78 Å². The van der Waals surface area contributed by atoms with E-state index in [-0.39, 0.29) is 11.9 Å². The molecule has 4 aromatic rings. The van der Waals surface area contributed by atoms with Crippen molar-refractivity contribution in [1.29, 1.82) is 0 Å². The number of hydrogen-bond acceptors (Lipinski definition) is 6. The van der Waals surface area contributed by atoms with Crippen LogP contribution in [0.3, 0.4) is 0 Å². The average molecular weight is 429 g/mol. The number of imidazole rings is 1. The largest absolute Gasteiger partial charge is 0.453 e. The summed E-state index contributed by atoms with van der Waals surface area (Å²) in [5.41, 5.74) is 7.53. The van der Waals surface area contributed by atoms with Crippen LogP contribution in [0.2, 0.25) is 0 Å². The van der Waals surface area contributed by atoms with Gasteiger partial charge in [0.1, 0.15) is 0 Å². The molecule has 1 atom stereocenters. The number of H-pyrrole nitrogens is 1. The molecule has 9 nitrogen and oxygen atoms in total. The summed E-state index contributed by atoms with van der Waals surface area (Å²) in [4.78, 5) is 33.5. The van der Waals surface area contributed by atoms with Crippen molar-refractivity contribution in [1.82, 2.24) is 9.97 Å². The van der Waals surface area contributed by atoms with Gasteiger partial charge in [0.25, 0.3) is 5.91 Å². The minimum absolute atomic E-state index is 0.201. The topological polar surface area (TPSA) is 134 Å². The van der Waals surface area contributed by atoms with E-state index >= 15 is 0 Å². The zero-order chi connectivity index (χ0) is 22.5. The van der Waals surface area contributed by atoms with Crippen LogP contribution in [0, 0.1) is 0 Å². The summed E-state index contributed by atoms with van der Waals surface area (Å²) in [6.07, 6.45) is -0.661. The molecule has 1 aromatic heterocycles. The van der Waals surface area contributed by atoms with Crippen LogP contribution < -0.4 is 16.0 Å². The van der Waals surface area contributed by atoms with Gasteiger partial charge in [-0.3, -0.25) is 15.0 Å². The van der Waals surface area contributed by atoms with Gasteiger partial charge in [-0.05, 0) is 36.4 Å². The van der Waals surface area contributed by atoms with Crippen LogP contribution in [0.5, 0.6) is 0 Å². The molecule has 5 N–H and O–H groups in total. The maximum atomic E-state index is 13.4. The van der Waals surface area contributed by atoms with Gasteiger partial charge in [-0.15, -0.1) is 0 Å². The molecule has 1 unspecified atom stereocenters. The van der Waals surface area contributed by atoms with Crippen molar-refractivity contribution in [2.24, 2.45) is 0 Å². The van der Waals surface area contributed by atoms with E-state index in [2.05, 4.69) is 20.0 Å². The van der Waals surface area contributed by atoms with Crippen LogP contribution in [0.25, 0.3) is 11.0 Å². The van der Waals surface area contributed by atoms with E-state index in [9.17, 15) is 14.7 Å². The smallest absolute Gasteiger partial charge is 0.413 e. The molecule has 2 heterocycles. The summed E-state index contributed by atoms with van der Waals surface area (Å²) in [6.45, 7) is 0. The number of nitrogen functional groups attached to an aromatic ring is 1. The fourth-order valence-corrected chi connectivity index (χ4v) is 4.05. The molecule has 0 saturated heterocycles. The zero-order valence-corrected chi connectivity index (χ0v) is 17.0. The van der Waals surface area contributed by atoms with E-state index in [1.165, 1.54) is 12.0 Å². The molecule has 1 aliphatic rings. The first kappa shape index (κ1) is 19.6. The van der Waals surface area contributed by atoms with Crippen LogP contribution in [-0.2, 0) is 10.5 Å². The van der Waals surface area contributed by atoms with Crippen molar-refractivity contribution in [3.8, 4) is 0 Å². The number of rotatable bonds is 3. The number of nitrogens with zero attached hydrogens (tertiary/aromatic N) is 2. The highest BCUT2D eigenvalue weighted by molar-refractivity contribution is 6.12. The summed E-state index contributed by atoms with van der Waals surface area (Å²) in [6, 6.07) is 18.8. The predicted octanol–water partition coefficient (Wildman–Crippen LogP) is 3.18. The summed E-state index contributed by atoms with van der Waals surface area (Å²) in [5.74, 6) is -0.141. The van der Waals surface area contributed by atoms with E-state index in [0.29, 0.717) is 39.1 Å². The zero-order valence-electron chi connectivity index (χ0n) is 17.0. The Bertz CT molecular complexity index is 1380. The SMILES string of the molecule is COC(=O)Nc1nc2ccc(C3(O)c4ccccc4C(=O)N3c3cccc(N)c3)cc2[nH]1. The molecule has 160 valence electrons. The molecule has 0 spiro atoms. The van der Waals surface area contributed by atoms with Crippen molar-refractivity contribution in [3.63, 3.8) is 0 Å². The number of aliphatic hydroxyl groups is 1. The van der Waals surface area contributed by atoms with E-state index < -0.39 is 11.8 Å². The molecule has 0 aliphatic carbocycles. The fraction of sp³-hybridized carbons (Fsp3) is 0.0870. The molecular weight excluding hydrogens is 410 g/mol. The molecule has 5 rings (SSSR count). The third-order valence-corrected chi connectivity index (χ3v) is 5.48. The predicted molar refractivity (Wildman–Crippen MR) is 119 cm³/mol. The van der Waals surface area contributed by atoms with E-state index in [1.807, 2.05) is 0 Å². The normalized spacial score (nSPS) is 17.4. The lowest BCUT2D eigenvalue weighted by molar-refractivity contribution is 0.0704. The number of hydrogen-bond donors (Lipinski definition) is 4. The first-order valence-corrected chi connectivity index (χ1v) is 9.79. The second-order valence-corrected chi connectivity index (χ2v) is 7.39. The number of anilines is 3. The van der Waals surface area contributed by atoms with E-state index in [1.54, 1.807) is 66.7 Å². The highest BCUT2D eigenvalue weighted by atomic mass is 16.5. The van der Waals surface area contributed by atoms with Gasteiger partial charge >= 0.3 is 6.09 Å². The standard InChI is InChI=1S/C23H19N5O4/c1-32-22(30)27-21-25-18-10-9-13(11-19(18)26-21)23(31)17-8-3-2-7-16(17)20(29)28(23)15-6-4-5-14(24)12-15/h2-12,31H,24H2,1H3,(H2,25,26,27,30). The van der Waals surface area contributed by atoms with Crippen molar-refractivity contribution in [3.05, 3.63) is 83.4 Å². The van der Waals surface area contributed by atoms with Gasteiger partial charge in [-0.2, -0.15) is 0 Å². The highest BCUT2D eigenvalue weighted by Gasteiger charge is 2.50. The van der Waals surface area contributed by atoms with E-state index in [0.717, 1.165) is 0 Å². The summed E-state index contributed by atoms with van der Waals surface area (Å²) < 4.78 is 4.59. The molecular formula is C23H19N5O4. The maximum absolute atomic E-state index is 13.4. The Labute approximate surface area is 182 Å². The summed E-state index contributed by atoms with van der Waals surface area (Å²) in [7, 11) is 1.26. The van der Waals surface area contributed by atoms with Crippen LogP contribution in [0.4, 0.5) is 22.1 Å². The van der Waals surface area contributed by atoms with Crippen molar-refractivity contribution < 1.29 is 19.4 Å². The Morgan fingerprint density at radius 2 is 1.97 bits per heavy atom. The Kier molecular flexibility index (Phi) is 4.35. The Morgan fingerprint density at radius 3 is 2.75 bits per heavy atom. The molecule has 32 heavy (non-hydrogen) atoms. The van der Waals surface area contributed by atoms with Crippen LogP contribution in [0.15, 0.2) is 66.7 Å². The van der Waals surface area contributed by atoms with Gasteiger partial charge in [-0.1, -0.05) is 30.3 Å². The Balaban J connectivity index is 1.68. The van der Waals surface area contributed by atoms with Gasteiger partial charge < -0.3 is 20.6 Å². The number of carbonyl (C=O) groups excluding carboxylic acids is 2. The minimum atomic E-state index is -1.78. The number of benzene rings is 3. The monoisotopic (exact) mass is 429 g/mol. The summed E-state index contributed by atoms with van der Waals surface area (Å²) in [5, 5.41) is 14.6. The molecule has 0 radical (unpaired) electrons. The molecule has 0 saturated carbocycles. The summed E-state index contributed by atoms with van der Waals surface area (Å²) >= 11 is 0. The lowest BCUT2D eigenvalue weighted by atomic mass is 9.93. The second-order valence-electron chi connectivity index (χ2n) is 7.39. The number of methoxy groups -OCH3 is 1. The van der Waals surface area contributed by atoms with Gasteiger partial charge in [0.2, 0.25) is 5.95 Å². The number of nitrogens with two attached hydrogens (primary N) is 1. The maximum Gasteiger partial charge on any atom is 0.413 e. The van der Waals surface area contributed by atoms with Crippen molar-refractivity contribution in [2.75, 3.05) is 23.1 Å². The third-order valence-electron chi connectivity index (χ3n) is 5.48. The lowest BCUT2D eigenvalue weighted by Gasteiger charge is -2.35. The number of aromatic nitrogens is 2. The second kappa shape index (κ2) is 7.10.